The van der Waals surface area contributed by atoms with Gasteiger partial charge in [0.05, 0.1) is 17.9 Å². The number of carbonyl (C=O) groups is 4. The quantitative estimate of drug-likeness (QED) is 0.419. The highest BCUT2D eigenvalue weighted by Crippen LogP contribution is 2.30. The monoisotopic (exact) mass is 450 g/mol. The third-order valence-electron chi connectivity index (χ3n) is 3.44. The van der Waals surface area contributed by atoms with Gasteiger partial charge in [-0.05, 0) is 24.1 Å². The second-order valence-corrected chi connectivity index (χ2v) is 6.95. The Morgan fingerprint density at radius 2 is 1.39 bits per heavy atom. The molecular weight excluding hydrogens is 425 g/mol. The van der Waals surface area contributed by atoms with Crippen LogP contribution in [-0.2, 0) is 25.6 Å². The summed E-state index contributed by atoms with van der Waals surface area (Å²) in [6.45, 7) is 6.77. The van der Waals surface area contributed by atoms with Gasteiger partial charge in [0.1, 0.15) is 0 Å². The summed E-state index contributed by atoms with van der Waals surface area (Å²) < 4.78 is 42.3. The SMILES string of the molecule is CC(C)C(=O)Oc1ccc(C[C@H](N)C(N)=O)cc1OC(=O)C(C)C.O=C(O)C(F)(F)F. The molecule has 0 aromatic heterocycles. The molecule has 0 aliphatic rings. The molecule has 0 fully saturated rings. The van der Waals surface area contributed by atoms with Gasteiger partial charge < -0.3 is 26.0 Å². The maximum atomic E-state index is 11.9. The first-order valence-electron chi connectivity index (χ1n) is 8.97. The zero-order valence-corrected chi connectivity index (χ0v) is 17.4. The number of hydrogen-bond donors (Lipinski definition) is 3. The zero-order chi connectivity index (χ0) is 24.5. The molecule has 31 heavy (non-hydrogen) atoms. The van der Waals surface area contributed by atoms with E-state index < -0.39 is 36.0 Å². The summed E-state index contributed by atoms with van der Waals surface area (Å²) in [5.74, 6) is -4.74. The highest BCUT2D eigenvalue weighted by Gasteiger charge is 2.38. The van der Waals surface area contributed by atoms with E-state index in [4.69, 9.17) is 30.8 Å². The molecule has 0 bridgehead atoms. The van der Waals surface area contributed by atoms with Crippen molar-refractivity contribution in [1.29, 1.82) is 0 Å². The van der Waals surface area contributed by atoms with Crippen molar-refractivity contribution < 1.29 is 46.9 Å². The average Bonchev–Trinajstić information content (AvgIpc) is 2.62. The van der Waals surface area contributed by atoms with Crippen LogP contribution in [0.4, 0.5) is 13.2 Å². The minimum atomic E-state index is -5.08. The number of carboxylic acid groups (broad SMARTS) is 1. The first-order chi connectivity index (χ1) is 14.1. The minimum absolute atomic E-state index is 0.108. The van der Waals surface area contributed by atoms with Crippen molar-refractivity contribution in [1.82, 2.24) is 0 Å². The summed E-state index contributed by atoms with van der Waals surface area (Å²) in [7, 11) is 0. The van der Waals surface area contributed by atoms with Crippen LogP contribution in [0.15, 0.2) is 18.2 Å². The number of ether oxygens (including phenoxy) is 2. The van der Waals surface area contributed by atoms with Crippen LogP contribution >= 0.6 is 0 Å². The molecule has 5 N–H and O–H groups in total. The molecule has 0 saturated carbocycles. The Balaban J connectivity index is 0.00000110. The van der Waals surface area contributed by atoms with Crippen molar-refractivity contribution in [2.24, 2.45) is 23.3 Å². The molecule has 0 heterocycles. The fraction of sp³-hybridized carbons (Fsp3) is 0.474. The van der Waals surface area contributed by atoms with Gasteiger partial charge >= 0.3 is 24.1 Å². The van der Waals surface area contributed by atoms with Crippen molar-refractivity contribution in [2.75, 3.05) is 0 Å². The summed E-state index contributed by atoms with van der Waals surface area (Å²) in [5.41, 5.74) is 11.4. The maximum absolute atomic E-state index is 11.9. The van der Waals surface area contributed by atoms with Gasteiger partial charge in [0.15, 0.2) is 11.5 Å². The number of hydrogen-bond acceptors (Lipinski definition) is 7. The number of halogens is 3. The van der Waals surface area contributed by atoms with Crippen molar-refractivity contribution in [3.8, 4) is 11.5 Å². The van der Waals surface area contributed by atoms with Crippen molar-refractivity contribution in [2.45, 2.75) is 46.3 Å². The van der Waals surface area contributed by atoms with Crippen LogP contribution in [0.1, 0.15) is 33.3 Å². The number of esters is 2. The van der Waals surface area contributed by atoms with Crippen LogP contribution in [-0.4, -0.2) is 41.1 Å². The van der Waals surface area contributed by atoms with Gasteiger partial charge in [-0.3, -0.25) is 14.4 Å². The van der Waals surface area contributed by atoms with E-state index in [1.807, 2.05) is 0 Å². The molecule has 12 heteroatoms. The van der Waals surface area contributed by atoms with Crippen molar-refractivity contribution in [3.63, 3.8) is 0 Å². The van der Waals surface area contributed by atoms with Gasteiger partial charge in [-0.25, -0.2) is 4.79 Å². The third kappa shape index (κ3) is 10.4. The van der Waals surface area contributed by atoms with Gasteiger partial charge in [-0.1, -0.05) is 33.8 Å². The Labute approximate surface area is 176 Å². The van der Waals surface area contributed by atoms with Gasteiger partial charge in [0.2, 0.25) is 5.91 Å². The number of rotatable bonds is 7. The molecular formula is C19H25F3N2O7. The molecule has 0 aliphatic carbocycles. The smallest absolute Gasteiger partial charge is 0.475 e. The first-order valence-corrected chi connectivity index (χ1v) is 8.97. The van der Waals surface area contributed by atoms with Crippen LogP contribution in [0.5, 0.6) is 11.5 Å². The topological polar surface area (TPSA) is 159 Å². The molecule has 0 spiro atoms. The Bertz CT molecular complexity index is 808. The largest absolute Gasteiger partial charge is 0.490 e. The summed E-state index contributed by atoms with van der Waals surface area (Å²) >= 11 is 0. The summed E-state index contributed by atoms with van der Waals surface area (Å²) in [6.07, 6.45) is -4.90. The van der Waals surface area contributed by atoms with Crippen molar-refractivity contribution >= 4 is 23.8 Å². The highest BCUT2D eigenvalue weighted by atomic mass is 19.4. The third-order valence-corrected chi connectivity index (χ3v) is 3.44. The zero-order valence-electron chi connectivity index (χ0n) is 17.4. The summed E-state index contributed by atoms with van der Waals surface area (Å²) in [5, 5.41) is 7.12. The predicted molar refractivity (Wildman–Crippen MR) is 102 cm³/mol. The molecule has 0 unspecified atom stereocenters. The van der Waals surface area contributed by atoms with Gasteiger partial charge in [0, 0.05) is 0 Å². The van der Waals surface area contributed by atoms with E-state index in [1.54, 1.807) is 33.8 Å². The molecule has 1 atom stereocenters. The molecule has 0 aliphatic heterocycles. The average molecular weight is 450 g/mol. The van der Waals surface area contributed by atoms with Gasteiger partial charge in [0.25, 0.3) is 0 Å². The van der Waals surface area contributed by atoms with E-state index in [0.29, 0.717) is 5.56 Å². The van der Waals surface area contributed by atoms with E-state index in [1.165, 1.54) is 12.1 Å². The normalized spacial score (nSPS) is 11.9. The Kier molecular flexibility index (Phi) is 10.7. The Morgan fingerprint density at radius 3 is 1.74 bits per heavy atom. The molecule has 0 saturated heterocycles. The molecule has 1 aromatic carbocycles. The fourth-order valence-electron chi connectivity index (χ4n) is 1.65. The number of carboxylic acids is 1. The fourth-order valence-corrected chi connectivity index (χ4v) is 1.65. The maximum Gasteiger partial charge on any atom is 0.490 e. The number of primary amides is 1. The van der Waals surface area contributed by atoms with Crippen molar-refractivity contribution in [3.05, 3.63) is 23.8 Å². The van der Waals surface area contributed by atoms with Crippen LogP contribution in [0.2, 0.25) is 0 Å². The molecule has 1 aromatic rings. The second kappa shape index (κ2) is 11.9. The van der Waals surface area contributed by atoms with Gasteiger partial charge in [-0.15, -0.1) is 0 Å². The van der Waals surface area contributed by atoms with Crippen LogP contribution < -0.4 is 20.9 Å². The molecule has 0 radical (unpaired) electrons. The predicted octanol–water partition coefficient (Wildman–Crippen LogP) is 1.80. The van der Waals surface area contributed by atoms with E-state index >= 15 is 0 Å². The number of alkyl halides is 3. The summed E-state index contributed by atoms with van der Waals surface area (Å²) in [4.78, 5) is 43.6. The first kappa shape index (κ1) is 27.8. The van der Waals surface area contributed by atoms with E-state index in [-0.39, 0.29) is 29.8 Å². The standard InChI is InChI=1S/C17H24N2O5.C2HF3O2/c1-9(2)16(21)23-13-6-5-11(7-12(18)15(19)20)8-14(13)24-17(22)10(3)4;3-2(4,5)1(6)7/h5-6,8-10,12H,7,18H2,1-4H3,(H2,19,20);(H,6,7)/t12-;/m0./s1. The number of aliphatic carboxylic acids is 1. The lowest BCUT2D eigenvalue weighted by molar-refractivity contribution is -0.192. The number of nitrogens with two attached hydrogens (primary N) is 2. The molecule has 1 rings (SSSR count). The van der Waals surface area contributed by atoms with E-state index in [9.17, 15) is 27.6 Å². The lowest BCUT2D eigenvalue weighted by Crippen LogP contribution is -2.38. The lowest BCUT2D eigenvalue weighted by atomic mass is 10.1. The number of carbonyl (C=O) groups excluding carboxylic acids is 3. The second-order valence-electron chi connectivity index (χ2n) is 6.95. The Hall–Kier alpha value is -3.15. The van der Waals surface area contributed by atoms with Crippen LogP contribution in [0, 0.1) is 11.8 Å². The van der Waals surface area contributed by atoms with E-state index in [2.05, 4.69) is 0 Å². The van der Waals surface area contributed by atoms with Gasteiger partial charge in [-0.2, -0.15) is 13.2 Å². The number of benzene rings is 1. The molecule has 1 amide bonds. The van der Waals surface area contributed by atoms with Crippen LogP contribution in [0.25, 0.3) is 0 Å². The Morgan fingerprint density at radius 1 is 0.968 bits per heavy atom. The molecule has 174 valence electrons. The van der Waals surface area contributed by atoms with E-state index in [0.717, 1.165) is 0 Å². The number of amides is 1. The highest BCUT2D eigenvalue weighted by molar-refractivity contribution is 5.80. The van der Waals surface area contributed by atoms with Crippen LogP contribution in [0.3, 0.4) is 0 Å². The minimum Gasteiger partial charge on any atom is -0.475 e. The lowest BCUT2D eigenvalue weighted by Gasteiger charge is -2.15. The summed E-state index contributed by atoms with van der Waals surface area (Å²) in [6, 6.07) is 3.80. The molecule has 9 nitrogen and oxygen atoms in total.